The van der Waals surface area contributed by atoms with Crippen molar-refractivity contribution in [2.24, 2.45) is 0 Å². The number of pyridine rings is 1. The minimum absolute atomic E-state index is 0.0255. The average Bonchev–Trinajstić information content (AvgIpc) is 2.78. The van der Waals surface area contributed by atoms with E-state index in [1.165, 1.54) is 5.38 Å². The Hall–Kier alpha value is -2.35. The molecule has 0 aliphatic heterocycles. The van der Waals surface area contributed by atoms with Crippen molar-refractivity contribution in [3.8, 4) is 0 Å². The first-order valence-corrected chi connectivity index (χ1v) is 6.56. The van der Waals surface area contributed by atoms with Crippen molar-refractivity contribution in [1.29, 1.82) is 0 Å². The summed E-state index contributed by atoms with van der Waals surface area (Å²) in [5.74, 6) is -6.27. The zero-order chi connectivity index (χ0) is 15.5. The highest BCUT2D eigenvalue weighted by molar-refractivity contribution is 7.16. The van der Waals surface area contributed by atoms with Crippen LogP contribution in [0.15, 0.2) is 16.2 Å². The van der Waals surface area contributed by atoms with E-state index < -0.39 is 45.3 Å². The predicted molar refractivity (Wildman–Crippen MR) is 70.6 cm³/mol. The number of aryl methyl sites for hydroxylation is 1. The van der Waals surface area contributed by atoms with Crippen molar-refractivity contribution < 1.29 is 23.1 Å². The Kier molecular flexibility index (Phi) is 2.80. The Morgan fingerprint density at radius 2 is 1.95 bits per heavy atom. The lowest BCUT2D eigenvalue weighted by Crippen LogP contribution is -2.19. The van der Waals surface area contributed by atoms with Crippen molar-refractivity contribution in [1.82, 2.24) is 4.40 Å². The minimum atomic E-state index is -1.70. The van der Waals surface area contributed by atoms with Gasteiger partial charge in [0.2, 0.25) is 5.43 Å². The molecule has 0 bridgehead atoms. The van der Waals surface area contributed by atoms with Crippen molar-refractivity contribution in [2.45, 2.75) is 6.92 Å². The molecule has 0 aliphatic rings. The van der Waals surface area contributed by atoms with Gasteiger partial charge in [0.05, 0.1) is 10.9 Å². The minimum Gasteiger partial charge on any atom is -0.477 e. The highest BCUT2D eigenvalue weighted by Gasteiger charge is 2.25. The lowest BCUT2D eigenvalue weighted by atomic mass is 10.1. The topological polar surface area (TPSA) is 58.8 Å². The van der Waals surface area contributed by atoms with Crippen LogP contribution in [0.3, 0.4) is 0 Å². The Morgan fingerprint density at radius 3 is 2.57 bits per heavy atom. The van der Waals surface area contributed by atoms with Gasteiger partial charge in [0.25, 0.3) is 0 Å². The van der Waals surface area contributed by atoms with Crippen molar-refractivity contribution in [3.63, 3.8) is 0 Å². The van der Waals surface area contributed by atoms with Gasteiger partial charge in [0.1, 0.15) is 10.4 Å². The number of hydrogen-bond acceptors (Lipinski definition) is 3. The summed E-state index contributed by atoms with van der Waals surface area (Å²) in [7, 11) is 0. The van der Waals surface area contributed by atoms with E-state index >= 15 is 0 Å². The fourth-order valence-corrected chi connectivity index (χ4v) is 3.28. The fourth-order valence-electron chi connectivity index (χ4n) is 2.25. The van der Waals surface area contributed by atoms with Crippen LogP contribution in [0.4, 0.5) is 13.2 Å². The second-order valence-electron chi connectivity index (χ2n) is 4.41. The smallest absolute Gasteiger partial charge is 0.342 e. The van der Waals surface area contributed by atoms with Crippen LogP contribution < -0.4 is 5.43 Å². The number of carbonyl (C=O) groups is 1. The van der Waals surface area contributed by atoms with E-state index in [0.29, 0.717) is 11.8 Å². The van der Waals surface area contributed by atoms with Crippen LogP contribution in [0.25, 0.3) is 15.7 Å². The third-order valence-electron chi connectivity index (χ3n) is 3.16. The summed E-state index contributed by atoms with van der Waals surface area (Å²) in [6.45, 7) is 1.54. The van der Waals surface area contributed by atoms with Crippen LogP contribution in [-0.4, -0.2) is 15.5 Å². The SMILES string of the molecule is Cc1csc2c(C(=O)O)c(=O)c3cc(F)c(F)c(F)c3n12. The summed E-state index contributed by atoms with van der Waals surface area (Å²) >= 11 is 0.916. The molecule has 1 aromatic carbocycles. The number of fused-ring (bicyclic) bond motifs is 3. The fraction of sp³-hybridized carbons (Fsp3) is 0.0769. The number of nitrogens with zero attached hydrogens (tertiary/aromatic N) is 1. The summed E-state index contributed by atoms with van der Waals surface area (Å²) in [5, 5.41) is 10.1. The molecular formula is C13H6F3NO3S. The summed E-state index contributed by atoms with van der Waals surface area (Å²) in [6, 6.07) is 0.520. The van der Waals surface area contributed by atoms with Gasteiger partial charge in [-0.05, 0) is 13.0 Å². The van der Waals surface area contributed by atoms with Gasteiger partial charge in [-0.2, -0.15) is 0 Å². The van der Waals surface area contributed by atoms with Crippen molar-refractivity contribution in [2.75, 3.05) is 0 Å². The molecule has 0 aliphatic carbocycles. The van der Waals surface area contributed by atoms with Crippen molar-refractivity contribution in [3.05, 3.63) is 50.4 Å². The van der Waals surface area contributed by atoms with Crippen LogP contribution in [0, 0.1) is 24.4 Å². The predicted octanol–water partition coefficient (Wildman–Crippen LogP) is 2.94. The largest absolute Gasteiger partial charge is 0.477 e. The molecule has 0 spiro atoms. The number of halogens is 3. The number of benzene rings is 1. The molecule has 3 aromatic rings. The normalized spacial score (nSPS) is 11.4. The van der Waals surface area contributed by atoms with Crippen LogP contribution in [0.5, 0.6) is 0 Å². The quantitative estimate of drug-likeness (QED) is 0.703. The second kappa shape index (κ2) is 4.32. The number of aromatic carboxylic acids is 1. The molecule has 0 saturated heterocycles. The maximum absolute atomic E-state index is 14.0. The van der Waals surface area contributed by atoms with Gasteiger partial charge < -0.3 is 9.51 Å². The molecule has 0 unspecified atom stereocenters. The second-order valence-corrected chi connectivity index (χ2v) is 5.27. The van der Waals surface area contributed by atoms with Crippen molar-refractivity contribution >= 4 is 33.0 Å². The molecule has 0 saturated carbocycles. The van der Waals surface area contributed by atoms with Crippen LogP contribution in [-0.2, 0) is 0 Å². The van der Waals surface area contributed by atoms with Gasteiger partial charge in [-0.25, -0.2) is 18.0 Å². The lowest BCUT2D eigenvalue weighted by Gasteiger charge is -2.08. The van der Waals surface area contributed by atoms with E-state index in [1.807, 2.05) is 0 Å². The molecule has 8 heteroatoms. The molecule has 0 atom stereocenters. The van der Waals surface area contributed by atoms with E-state index in [0.717, 1.165) is 15.7 Å². The van der Waals surface area contributed by atoms with Gasteiger partial charge in [-0.3, -0.25) is 4.79 Å². The first kappa shape index (κ1) is 13.6. The van der Waals surface area contributed by atoms with E-state index in [-0.39, 0.29) is 4.83 Å². The molecule has 1 N–H and O–H groups in total. The highest BCUT2D eigenvalue weighted by atomic mass is 32.1. The number of thiazole rings is 1. The number of rotatable bonds is 1. The molecule has 3 rings (SSSR count). The molecule has 0 amide bonds. The standard InChI is InChI=1S/C13H6F3NO3S/c1-4-3-21-12-7(13(19)20)11(18)5-2-6(14)8(15)9(16)10(5)17(4)12/h2-3H,1H3,(H,19,20). The highest BCUT2D eigenvalue weighted by Crippen LogP contribution is 2.28. The third kappa shape index (κ3) is 1.69. The number of aromatic nitrogens is 1. The first-order valence-electron chi connectivity index (χ1n) is 5.68. The Morgan fingerprint density at radius 1 is 1.29 bits per heavy atom. The summed E-state index contributed by atoms with van der Waals surface area (Å²) in [5.41, 5.74) is -1.69. The molecule has 21 heavy (non-hydrogen) atoms. The summed E-state index contributed by atoms with van der Waals surface area (Å²) in [6.07, 6.45) is 0. The van der Waals surface area contributed by atoms with E-state index in [4.69, 9.17) is 5.11 Å². The number of carboxylic acid groups (broad SMARTS) is 1. The Bertz CT molecular complexity index is 990. The average molecular weight is 313 g/mol. The van der Waals surface area contributed by atoms with Gasteiger partial charge in [0.15, 0.2) is 17.5 Å². The maximum atomic E-state index is 14.0. The van der Waals surface area contributed by atoms with Crippen LogP contribution >= 0.6 is 11.3 Å². The number of hydrogen-bond donors (Lipinski definition) is 1. The van der Waals surface area contributed by atoms with Gasteiger partial charge in [0, 0.05) is 11.1 Å². The Labute approximate surface area is 118 Å². The van der Waals surface area contributed by atoms with E-state index in [2.05, 4.69) is 0 Å². The molecule has 4 nitrogen and oxygen atoms in total. The summed E-state index contributed by atoms with van der Waals surface area (Å²) < 4.78 is 41.9. The molecular weight excluding hydrogens is 307 g/mol. The molecule has 0 fully saturated rings. The molecule has 2 heterocycles. The summed E-state index contributed by atoms with van der Waals surface area (Å²) in [4.78, 5) is 23.4. The molecule has 108 valence electrons. The van der Waals surface area contributed by atoms with Gasteiger partial charge >= 0.3 is 5.97 Å². The van der Waals surface area contributed by atoms with Crippen LogP contribution in [0.1, 0.15) is 16.1 Å². The lowest BCUT2D eigenvalue weighted by molar-refractivity contribution is 0.0697. The van der Waals surface area contributed by atoms with Gasteiger partial charge in [-0.15, -0.1) is 11.3 Å². The number of carboxylic acids is 1. The molecule has 2 aromatic heterocycles. The molecule has 0 radical (unpaired) electrons. The van der Waals surface area contributed by atoms with E-state index in [9.17, 15) is 22.8 Å². The van der Waals surface area contributed by atoms with Gasteiger partial charge in [-0.1, -0.05) is 0 Å². The first-order chi connectivity index (χ1) is 9.84. The zero-order valence-corrected chi connectivity index (χ0v) is 11.2. The van der Waals surface area contributed by atoms with E-state index in [1.54, 1.807) is 6.92 Å². The third-order valence-corrected chi connectivity index (χ3v) is 4.23. The zero-order valence-electron chi connectivity index (χ0n) is 10.4. The Balaban J connectivity index is 2.77. The monoisotopic (exact) mass is 313 g/mol. The maximum Gasteiger partial charge on any atom is 0.342 e. The van der Waals surface area contributed by atoms with Crippen LogP contribution in [0.2, 0.25) is 0 Å².